The summed E-state index contributed by atoms with van der Waals surface area (Å²) in [5.41, 5.74) is -7.91. The lowest BCUT2D eigenvalue weighted by atomic mass is 9.66. The predicted molar refractivity (Wildman–Crippen MR) is 135 cm³/mol. The van der Waals surface area contributed by atoms with E-state index in [0.717, 1.165) is 0 Å². The fourth-order valence-electron chi connectivity index (χ4n) is 3.37. The van der Waals surface area contributed by atoms with Crippen LogP contribution in [-0.2, 0) is 37.9 Å². The van der Waals surface area contributed by atoms with Gasteiger partial charge in [0.15, 0.2) is 0 Å². The third-order valence-corrected chi connectivity index (χ3v) is 9.47. The summed E-state index contributed by atoms with van der Waals surface area (Å²) in [7, 11) is -3.95. The van der Waals surface area contributed by atoms with Crippen LogP contribution in [0.5, 0.6) is 0 Å². The zero-order chi connectivity index (χ0) is 29.1. The van der Waals surface area contributed by atoms with E-state index in [-0.39, 0.29) is 0 Å². The summed E-state index contributed by atoms with van der Waals surface area (Å²) in [5.74, 6) is -2.19. The molecule has 0 rings (SSSR count). The monoisotopic (exact) mass is 554 g/mol. The maximum atomic E-state index is 13.6. The number of esters is 3. The molecule has 1 unspecified atom stereocenters. The van der Waals surface area contributed by atoms with E-state index < -0.39 is 79.3 Å². The molecule has 0 spiro atoms. The van der Waals surface area contributed by atoms with E-state index in [9.17, 15) is 27.9 Å². The largest absolute Gasteiger partial charge is 0.459 e. The maximum Gasteiger partial charge on any atom is 0.372 e. The molecule has 0 N–H and O–H groups in total. The summed E-state index contributed by atoms with van der Waals surface area (Å²) in [6.45, 7) is 21.1. The summed E-state index contributed by atoms with van der Waals surface area (Å²) in [4.78, 5) is 48.8. The molecule has 0 saturated carbocycles. The zero-order valence-corrected chi connectivity index (χ0v) is 25.4. The fourth-order valence-corrected chi connectivity index (χ4v) is 4.06. The molecule has 9 nitrogen and oxygen atoms in total. The van der Waals surface area contributed by atoms with Crippen LogP contribution in [0.15, 0.2) is 0 Å². The van der Waals surface area contributed by atoms with Crippen molar-refractivity contribution in [3.8, 4) is 0 Å². The van der Waals surface area contributed by atoms with E-state index in [1.165, 1.54) is 20.8 Å². The molecule has 0 bridgehead atoms. The third-order valence-electron chi connectivity index (χ3n) is 8.01. The Hall–Kier alpha value is -1.66. The van der Waals surface area contributed by atoms with Gasteiger partial charge in [-0.1, -0.05) is 27.7 Å². The quantitative estimate of drug-likeness (QED) is 0.110. The normalized spacial score (nSPS) is 14.6. The van der Waals surface area contributed by atoms with Gasteiger partial charge in [-0.3, -0.25) is 18.9 Å². The van der Waals surface area contributed by atoms with Crippen molar-refractivity contribution in [2.24, 2.45) is 10.8 Å². The number of carbonyl (C=O) groups excluding carboxylic acids is 4. The molecule has 0 aromatic rings. The van der Waals surface area contributed by atoms with Crippen LogP contribution in [0.4, 0.5) is 8.99 Å². The van der Waals surface area contributed by atoms with Crippen LogP contribution >= 0.6 is 16.1 Å². The Morgan fingerprint density at radius 2 is 0.944 bits per heavy atom. The average Bonchev–Trinajstić information content (AvgIpc) is 2.63. The Labute approximate surface area is 216 Å². The van der Waals surface area contributed by atoms with Gasteiger partial charge in [0.05, 0.1) is 0 Å². The van der Waals surface area contributed by atoms with Gasteiger partial charge in [-0.15, -0.1) is 0 Å². The first-order valence-electron chi connectivity index (χ1n) is 11.4. The first kappa shape index (κ1) is 34.3. The van der Waals surface area contributed by atoms with Gasteiger partial charge < -0.3 is 18.9 Å². The molecule has 0 fully saturated rings. The number of hydrogen-bond donors (Lipinski definition) is 0. The molecule has 1 atom stereocenters. The van der Waals surface area contributed by atoms with Crippen molar-refractivity contribution < 1.29 is 46.9 Å². The molecule has 0 aliphatic rings. The SMILES string of the molecule is CC(=O)OC(C)(C)C(C)(C)C(C)(C)OC(=O)CC(=O)OC(C)(C)C(C)(C)C(C)(C)OC(=O)P(F)P=O. The van der Waals surface area contributed by atoms with Crippen LogP contribution in [0.25, 0.3) is 0 Å². The van der Waals surface area contributed by atoms with Crippen molar-refractivity contribution in [2.45, 2.75) is 119 Å². The Morgan fingerprint density at radius 3 is 1.25 bits per heavy atom. The molecule has 0 heterocycles. The predicted octanol–water partition coefficient (Wildman–Crippen LogP) is 6.90. The molecule has 0 radical (unpaired) electrons. The van der Waals surface area contributed by atoms with E-state index in [2.05, 4.69) is 0 Å². The zero-order valence-electron chi connectivity index (χ0n) is 23.7. The minimum atomic E-state index is -2.99. The number of halogens is 1. The molecule has 208 valence electrons. The van der Waals surface area contributed by atoms with Crippen LogP contribution in [-0.4, -0.2) is 46.0 Å². The smallest absolute Gasteiger partial charge is 0.372 e. The van der Waals surface area contributed by atoms with Crippen LogP contribution in [0.1, 0.15) is 96.4 Å². The minimum Gasteiger partial charge on any atom is -0.459 e. The highest BCUT2D eigenvalue weighted by Gasteiger charge is 2.55. The molecule has 0 aromatic heterocycles. The summed E-state index contributed by atoms with van der Waals surface area (Å²) in [6, 6.07) is 0. The van der Waals surface area contributed by atoms with Gasteiger partial charge in [-0.05, 0) is 55.4 Å². The third kappa shape index (κ3) is 7.67. The molecule has 12 heteroatoms. The Balaban J connectivity index is 5.53. The van der Waals surface area contributed by atoms with Gasteiger partial charge in [-0.2, -0.15) is 0 Å². The number of carbonyl (C=O) groups is 4. The summed E-state index contributed by atoms with van der Waals surface area (Å²) in [6.07, 6.45) is -0.696. The molecule has 0 aromatic carbocycles. The minimum absolute atomic E-state index is 0.479. The summed E-state index contributed by atoms with van der Waals surface area (Å²) in [5, 5.41) is 0. The summed E-state index contributed by atoms with van der Waals surface area (Å²) < 4.78 is 46.2. The van der Waals surface area contributed by atoms with Crippen LogP contribution in [0.3, 0.4) is 0 Å². The van der Waals surface area contributed by atoms with Crippen molar-refractivity contribution in [3.05, 3.63) is 0 Å². The highest BCUT2D eigenvalue weighted by molar-refractivity contribution is 8.21. The molecular formula is C24H41FO9P2. The standard InChI is InChI=1S/C24H41FO9P2/c1-15(26)31-21(6,7)19(2,3)22(8,9)32-16(27)14-17(28)33-23(10,11)20(4,5)24(12,13)34-18(29)36(25)35-30/h14H2,1-13H3. The first-order chi connectivity index (χ1) is 15.8. The van der Waals surface area contributed by atoms with Crippen LogP contribution in [0.2, 0.25) is 0 Å². The van der Waals surface area contributed by atoms with Crippen molar-refractivity contribution in [2.75, 3.05) is 0 Å². The van der Waals surface area contributed by atoms with Gasteiger partial charge in [0.1, 0.15) is 28.8 Å². The Morgan fingerprint density at radius 1 is 0.639 bits per heavy atom. The second-order valence-electron chi connectivity index (χ2n) is 11.7. The van der Waals surface area contributed by atoms with Crippen LogP contribution in [0, 0.1) is 10.8 Å². The van der Waals surface area contributed by atoms with E-state index >= 15 is 0 Å². The fraction of sp³-hybridized carbons (Fsp3) is 0.833. The molecule has 0 aliphatic heterocycles. The van der Waals surface area contributed by atoms with Crippen LogP contribution < -0.4 is 0 Å². The topological polar surface area (TPSA) is 122 Å². The van der Waals surface area contributed by atoms with E-state index in [1.807, 2.05) is 0 Å². The van der Waals surface area contributed by atoms with Crippen molar-refractivity contribution in [1.82, 2.24) is 0 Å². The highest BCUT2D eigenvalue weighted by atomic mass is 32.1. The molecule has 0 amide bonds. The Bertz CT molecular complexity index is 877. The van der Waals surface area contributed by atoms with Gasteiger partial charge in [0, 0.05) is 17.8 Å². The lowest BCUT2D eigenvalue weighted by Gasteiger charge is -2.50. The molecule has 36 heavy (non-hydrogen) atoms. The second kappa shape index (κ2) is 11.4. The van der Waals surface area contributed by atoms with Gasteiger partial charge in [0.2, 0.25) is 8.15 Å². The van der Waals surface area contributed by atoms with Gasteiger partial charge >= 0.3 is 23.6 Å². The first-order valence-corrected chi connectivity index (χ1v) is 14.2. The molecule has 0 aliphatic carbocycles. The van der Waals surface area contributed by atoms with Crippen molar-refractivity contribution in [3.63, 3.8) is 0 Å². The lowest BCUT2D eigenvalue weighted by Crippen LogP contribution is -2.57. The number of hydrogen-bond acceptors (Lipinski definition) is 9. The van der Waals surface area contributed by atoms with Gasteiger partial charge in [-0.25, -0.2) is 8.99 Å². The number of ether oxygens (including phenoxy) is 4. The second-order valence-corrected chi connectivity index (χ2v) is 14.3. The van der Waals surface area contributed by atoms with E-state index in [4.69, 9.17) is 18.9 Å². The van der Waals surface area contributed by atoms with E-state index in [1.54, 1.807) is 69.2 Å². The highest BCUT2D eigenvalue weighted by Crippen LogP contribution is 2.54. The summed E-state index contributed by atoms with van der Waals surface area (Å²) >= 11 is 0. The van der Waals surface area contributed by atoms with E-state index in [0.29, 0.717) is 0 Å². The molecular weight excluding hydrogens is 513 g/mol. The number of rotatable bonds is 12. The van der Waals surface area contributed by atoms with Gasteiger partial charge in [0.25, 0.3) is 7.92 Å². The van der Waals surface area contributed by atoms with Crippen molar-refractivity contribution >= 4 is 39.7 Å². The maximum absolute atomic E-state index is 13.6. The average molecular weight is 555 g/mol. The Kier molecular flexibility index (Phi) is 10.9. The lowest BCUT2D eigenvalue weighted by molar-refractivity contribution is -0.207. The van der Waals surface area contributed by atoms with Crippen molar-refractivity contribution in [1.29, 1.82) is 0 Å². The molecule has 0 saturated heterocycles.